The van der Waals surface area contributed by atoms with Crippen molar-refractivity contribution < 1.29 is 4.79 Å². The molecule has 26 heavy (non-hydrogen) atoms. The summed E-state index contributed by atoms with van der Waals surface area (Å²) >= 11 is 5.45. The predicted molar refractivity (Wildman–Crippen MR) is 112 cm³/mol. The molecule has 2 aliphatic rings. The standard InChI is InChI=1S/C21H25BrN2OS/c22-18-6-2-3-7-19(18)23-21(25)15-9-11-24(12-10-15)13-16-14-26-20-8-4-1-5-17(16)20/h2-3,6-7,14-15H,1,4-5,8-13H2,(H,23,25). The molecule has 0 radical (unpaired) electrons. The highest BCUT2D eigenvalue weighted by Gasteiger charge is 2.26. The summed E-state index contributed by atoms with van der Waals surface area (Å²) in [6.45, 7) is 3.09. The number of likely N-dealkylation sites (tertiary alicyclic amines) is 1. The Balaban J connectivity index is 1.31. The lowest BCUT2D eigenvalue weighted by Gasteiger charge is -2.31. The molecule has 0 atom stereocenters. The van der Waals surface area contributed by atoms with Crippen LogP contribution in [0.15, 0.2) is 34.1 Å². The van der Waals surface area contributed by atoms with E-state index in [0.717, 1.165) is 42.6 Å². The number of piperidine rings is 1. The maximum atomic E-state index is 12.6. The van der Waals surface area contributed by atoms with Gasteiger partial charge in [-0.25, -0.2) is 0 Å². The van der Waals surface area contributed by atoms with Gasteiger partial charge in [0, 0.05) is 21.8 Å². The summed E-state index contributed by atoms with van der Waals surface area (Å²) < 4.78 is 0.938. The number of hydrogen-bond acceptors (Lipinski definition) is 3. The van der Waals surface area contributed by atoms with Crippen LogP contribution in [0.25, 0.3) is 0 Å². The molecule has 3 nitrogen and oxygen atoms in total. The van der Waals surface area contributed by atoms with Gasteiger partial charge in [0.2, 0.25) is 5.91 Å². The third-order valence-electron chi connectivity index (χ3n) is 5.63. The summed E-state index contributed by atoms with van der Waals surface area (Å²) in [4.78, 5) is 16.7. The van der Waals surface area contributed by atoms with Gasteiger partial charge in [-0.05, 0) is 96.2 Å². The number of aryl methyl sites for hydroxylation is 1. The molecule has 1 saturated heterocycles. The molecule has 5 heteroatoms. The number of para-hydroxylation sites is 1. The summed E-state index contributed by atoms with van der Waals surface area (Å²) in [5, 5.41) is 5.46. The summed E-state index contributed by atoms with van der Waals surface area (Å²) in [7, 11) is 0. The second-order valence-electron chi connectivity index (χ2n) is 7.39. The molecule has 0 bridgehead atoms. The van der Waals surface area contributed by atoms with Gasteiger partial charge in [-0.1, -0.05) is 12.1 Å². The first-order valence-electron chi connectivity index (χ1n) is 9.56. The fourth-order valence-corrected chi connectivity index (χ4v) is 5.61. The van der Waals surface area contributed by atoms with Gasteiger partial charge in [-0.2, -0.15) is 0 Å². The Kier molecular flexibility index (Phi) is 5.77. The molecule has 1 amide bonds. The van der Waals surface area contributed by atoms with E-state index in [9.17, 15) is 4.79 Å². The van der Waals surface area contributed by atoms with E-state index in [1.54, 1.807) is 16.0 Å². The topological polar surface area (TPSA) is 32.3 Å². The Hall–Kier alpha value is -1.17. The van der Waals surface area contributed by atoms with Crippen molar-refractivity contribution >= 4 is 38.9 Å². The van der Waals surface area contributed by atoms with Crippen LogP contribution in [0.1, 0.15) is 41.7 Å². The monoisotopic (exact) mass is 432 g/mol. The van der Waals surface area contributed by atoms with Crippen LogP contribution in [0, 0.1) is 5.92 Å². The van der Waals surface area contributed by atoms with Crippen molar-refractivity contribution in [1.82, 2.24) is 4.90 Å². The van der Waals surface area contributed by atoms with Crippen LogP contribution in [0.4, 0.5) is 5.69 Å². The van der Waals surface area contributed by atoms with Gasteiger partial charge < -0.3 is 5.32 Å². The van der Waals surface area contributed by atoms with Crippen LogP contribution in [0.2, 0.25) is 0 Å². The minimum Gasteiger partial charge on any atom is -0.325 e. The van der Waals surface area contributed by atoms with Gasteiger partial charge in [0.15, 0.2) is 0 Å². The Labute approximate surface area is 167 Å². The molecule has 1 aliphatic heterocycles. The first-order chi connectivity index (χ1) is 12.7. The van der Waals surface area contributed by atoms with E-state index in [4.69, 9.17) is 0 Å². The van der Waals surface area contributed by atoms with Crippen molar-refractivity contribution in [2.45, 2.75) is 45.1 Å². The lowest BCUT2D eigenvalue weighted by atomic mass is 9.93. The smallest absolute Gasteiger partial charge is 0.227 e. The SMILES string of the molecule is O=C(Nc1ccccc1Br)C1CCN(Cc2csc3c2CCCC3)CC1. The average molecular weight is 433 g/mol. The van der Waals surface area contributed by atoms with Crippen molar-refractivity contribution in [2.24, 2.45) is 5.92 Å². The van der Waals surface area contributed by atoms with E-state index >= 15 is 0 Å². The molecule has 1 aliphatic carbocycles. The predicted octanol–water partition coefficient (Wildman–Crippen LogP) is 5.24. The molecule has 1 aromatic heterocycles. The number of nitrogens with one attached hydrogen (secondary N) is 1. The number of fused-ring (bicyclic) bond motifs is 1. The zero-order valence-electron chi connectivity index (χ0n) is 15.0. The van der Waals surface area contributed by atoms with E-state index in [1.807, 2.05) is 35.6 Å². The van der Waals surface area contributed by atoms with Gasteiger partial charge >= 0.3 is 0 Å². The van der Waals surface area contributed by atoms with E-state index in [0.29, 0.717) is 0 Å². The quantitative estimate of drug-likeness (QED) is 0.715. The fourth-order valence-electron chi connectivity index (χ4n) is 4.08. The highest BCUT2D eigenvalue weighted by molar-refractivity contribution is 9.10. The second kappa shape index (κ2) is 8.24. The van der Waals surface area contributed by atoms with Crippen molar-refractivity contribution in [2.75, 3.05) is 18.4 Å². The van der Waals surface area contributed by atoms with Gasteiger partial charge in [-0.15, -0.1) is 11.3 Å². The van der Waals surface area contributed by atoms with Gasteiger partial charge in [-0.3, -0.25) is 9.69 Å². The Morgan fingerprint density at radius 3 is 2.77 bits per heavy atom. The number of rotatable bonds is 4. The number of hydrogen-bond donors (Lipinski definition) is 1. The maximum absolute atomic E-state index is 12.6. The van der Waals surface area contributed by atoms with Gasteiger partial charge in [0.1, 0.15) is 0 Å². The van der Waals surface area contributed by atoms with E-state index in [2.05, 4.69) is 31.5 Å². The molecule has 4 rings (SSSR count). The molecular formula is C21H25BrN2OS. The van der Waals surface area contributed by atoms with Crippen molar-refractivity contribution in [3.05, 3.63) is 50.1 Å². The third kappa shape index (κ3) is 4.05. The number of halogens is 1. The molecule has 1 fully saturated rings. The first kappa shape index (κ1) is 18.2. The van der Waals surface area contributed by atoms with E-state index < -0.39 is 0 Å². The largest absolute Gasteiger partial charge is 0.325 e. The summed E-state index contributed by atoms with van der Waals surface area (Å²) in [5.74, 6) is 0.277. The molecule has 0 saturated carbocycles. The molecule has 2 heterocycles. The number of amides is 1. The molecule has 1 aromatic carbocycles. The van der Waals surface area contributed by atoms with Crippen LogP contribution in [0.3, 0.4) is 0 Å². The van der Waals surface area contributed by atoms with Gasteiger partial charge in [0.25, 0.3) is 0 Å². The number of nitrogens with zero attached hydrogens (tertiary/aromatic N) is 1. The van der Waals surface area contributed by atoms with Crippen molar-refractivity contribution in [1.29, 1.82) is 0 Å². The Morgan fingerprint density at radius 2 is 1.96 bits per heavy atom. The minimum absolute atomic E-state index is 0.120. The lowest BCUT2D eigenvalue weighted by Crippen LogP contribution is -2.37. The van der Waals surface area contributed by atoms with Crippen LogP contribution < -0.4 is 5.32 Å². The van der Waals surface area contributed by atoms with Crippen LogP contribution in [-0.2, 0) is 24.2 Å². The maximum Gasteiger partial charge on any atom is 0.227 e. The molecule has 138 valence electrons. The summed E-state index contributed by atoms with van der Waals surface area (Å²) in [6.07, 6.45) is 7.13. The summed E-state index contributed by atoms with van der Waals surface area (Å²) in [5.41, 5.74) is 4.04. The number of carbonyl (C=O) groups is 1. The molecule has 1 N–H and O–H groups in total. The number of carbonyl (C=O) groups excluding carboxylic acids is 1. The Morgan fingerprint density at radius 1 is 1.19 bits per heavy atom. The van der Waals surface area contributed by atoms with Crippen LogP contribution >= 0.6 is 27.3 Å². The number of anilines is 1. The number of benzene rings is 1. The van der Waals surface area contributed by atoms with E-state index in [1.165, 1.54) is 25.7 Å². The highest BCUT2D eigenvalue weighted by Crippen LogP contribution is 2.32. The average Bonchev–Trinajstić information content (AvgIpc) is 3.07. The first-order valence-corrected chi connectivity index (χ1v) is 11.2. The molecule has 2 aromatic rings. The zero-order chi connectivity index (χ0) is 17.9. The van der Waals surface area contributed by atoms with Crippen LogP contribution in [-0.4, -0.2) is 23.9 Å². The second-order valence-corrected chi connectivity index (χ2v) is 9.21. The fraction of sp³-hybridized carbons (Fsp3) is 0.476. The number of thiophene rings is 1. The van der Waals surface area contributed by atoms with Crippen LogP contribution in [0.5, 0.6) is 0 Å². The third-order valence-corrected chi connectivity index (χ3v) is 7.46. The lowest BCUT2D eigenvalue weighted by molar-refractivity contribution is -0.121. The summed E-state index contributed by atoms with van der Waals surface area (Å²) in [6, 6.07) is 7.81. The van der Waals surface area contributed by atoms with Crippen molar-refractivity contribution in [3.63, 3.8) is 0 Å². The van der Waals surface area contributed by atoms with E-state index in [-0.39, 0.29) is 11.8 Å². The highest BCUT2D eigenvalue weighted by atomic mass is 79.9. The van der Waals surface area contributed by atoms with Gasteiger partial charge in [0.05, 0.1) is 5.69 Å². The molecule has 0 spiro atoms. The Bertz CT molecular complexity index is 780. The van der Waals surface area contributed by atoms with Crippen molar-refractivity contribution in [3.8, 4) is 0 Å². The zero-order valence-corrected chi connectivity index (χ0v) is 17.4. The molecule has 0 unspecified atom stereocenters. The minimum atomic E-state index is 0.120. The normalized spacial score (nSPS) is 18.5. The molecular weight excluding hydrogens is 408 g/mol.